The number of benzene rings is 1. The molecular formula is C16H15F2N8O3S-. The Morgan fingerprint density at radius 1 is 1.20 bits per heavy atom. The molecule has 4 rings (SSSR count). The van der Waals surface area contributed by atoms with Crippen LogP contribution in [0.2, 0.25) is 0 Å². The zero-order valence-electron chi connectivity index (χ0n) is 15.2. The second-order valence-electron chi connectivity index (χ2n) is 6.39. The van der Waals surface area contributed by atoms with Crippen molar-refractivity contribution >= 4 is 51.3 Å². The van der Waals surface area contributed by atoms with Crippen LogP contribution in [0.1, 0.15) is 12.8 Å². The second kappa shape index (κ2) is 8.16. The third-order valence-electron chi connectivity index (χ3n) is 4.50. The Morgan fingerprint density at radius 2 is 1.97 bits per heavy atom. The van der Waals surface area contributed by atoms with Crippen LogP contribution in [0.15, 0.2) is 18.5 Å². The molecule has 14 heteroatoms. The molecule has 4 N–H and O–H groups in total. The Kier molecular flexibility index (Phi) is 5.41. The first-order valence-corrected chi connectivity index (χ1v) is 9.87. The molecule has 0 aliphatic carbocycles. The highest BCUT2D eigenvalue weighted by molar-refractivity contribution is 7.80. The molecule has 1 saturated heterocycles. The first kappa shape index (κ1) is 19.9. The second-order valence-corrected chi connectivity index (χ2v) is 7.06. The zero-order valence-corrected chi connectivity index (χ0v) is 16.1. The number of nitrogens with zero attached hydrogens (tertiary/aromatic N) is 4. The molecule has 1 unspecified atom stereocenters. The molecule has 0 bridgehead atoms. The predicted octanol–water partition coefficient (Wildman–Crippen LogP) is 2.08. The van der Waals surface area contributed by atoms with E-state index in [0.717, 1.165) is 38.1 Å². The molecule has 1 aliphatic heterocycles. The number of anilines is 4. The fourth-order valence-electron chi connectivity index (χ4n) is 3.18. The van der Waals surface area contributed by atoms with Gasteiger partial charge >= 0.3 is 6.03 Å². The van der Waals surface area contributed by atoms with E-state index in [1.165, 1.54) is 6.33 Å². The van der Waals surface area contributed by atoms with Crippen molar-refractivity contribution in [3.05, 3.63) is 30.1 Å². The van der Waals surface area contributed by atoms with Crippen LogP contribution in [0.25, 0.3) is 11.0 Å². The predicted molar refractivity (Wildman–Crippen MR) is 105 cm³/mol. The quantitative estimate of drug-likeness (QED) is 0.446. The van der Waals surface area contributed by atoms with Crippen molar-refractivity contribution in [3.8, 4) is 0 Å². The maximum Gasteiger partial charge on any atom is 0.325 e. The van der Waals surface area contributed by atoms with Gasteiger partial charge in [0.05, 0.1) is 5.69 Å². The van der Waals surface area contributed by atoms with Gasteiger partial charge in [-0.1, -0.05) is 0 Å². The summed E-state index contributed by atoms with van der Waals surface area (Å²) in [6, 6.07) is 0.727. The number of carbonyl (C=O) groups is 1. The number of fused-ring (bicyclic) bond motifs is 1. The smallest absolute Gasteiger partial charge is 0.325 e. The minimum Gasteiger partial charge on any atom is -0.755 e. The number of amides is 2. The SMILES string of the molecule is O=C(Nc1c(F)ccc(NS(=O)[O-])c1F)Nc1ncnc2[nH]nc(N3CCCC3)c12. The molecular weight excluding hydrogens is 422 g/mol. The van der Waals surface area contributed by atoms with Gasteiger partial charge in [-0.25, -0.2) is 23.5 Å². The van der Waals surface area contributed by atoms with Gasteiger partial charge in [0, 0.05) is 24.4 Å². The summed E-state index contributed by atoms with van der Waals surface area (Å²) >= 11 is -2.82. The van der Waals surface area contributed by atoms with E-state index in [1.54, 1.807) is 4.72 Å². The minimum atomic E-state index is -2.82. The average molecular weight is 437 g/mol. The van der Waals surface area contributed by atoms with Crippen LogP contribution >= 0.6 is 0 Å². The summed E-state index contributed by atoms with van der Waals surface area (Å²) in [5.41, 5.74) is -0.945. The van der Waals surface area contributed by atoms with Crippen LogP contribution in [0.4, 0.5) is 36.6 Å². The topological polar surface area (TPSA) is 151 Å². The summed E-state index contributed by atoms with van der Waals surface area (Å²) in [7, 11) is 0. The number of halogens is 2. The third-order valence-corrected chi connectivity index (χ3v) is 4.89. The molecule has 3 aromatic rings. The number of rotatable bonds is 5. The van der Waals surface area contributed by atoms with Gasteiger partial charge in [0.15, 0.2) is 23.1 Å². The van der Waals surface area contributed by atoms with Crippen molar-refractivity contribution < 1.29 is 22.3 Å². The molecule has 2 aromatic heterocycles. The van der Waals surface area contributed by atoms with Gasteiger partial charge in [-0.3, -0.25) is 14.6 Å². The highest BCUT2D eigenvalue weighted by Gasteiger charge is 2.23. The number of aromatic nitrogens is 4. The van der Waals surface area contributed by atoms with Crippen molar-refractivity contribution in [2.75, 3.05) is 33.3 Å². The number of aromatic amines is 1. The average Bonchev–Trinajstić information content (AvgIpc) is 3.37. The van der Waals surface area contributed by atoms with E-state index in [4.69, 9.17) is 0 Å². The number of carbonyl (C=O) groups excluding carboxylic acids is 1. The minimum absolute atomic E-state index is 0.101. The van der Waals surface area contributed by atoms with Crippen LogP contribution in [-0.2, 0) is 11.3 Å². The Bertz CT molecular complexity index is 1140. The van der Waals surface area contributed by atoms with Crippen LogP contribution in [-0.4, -0.2) is 48.0 Å². The van der Waals surface area contributed by atoms with Crippen molar-refractivity contribution in [2.45, 2.75) is 12.8 Å². The lowest BCUT2D eigenvalue weighted by atomic mass is 10.2. The van der Waals surface area contributed by atoms with Crippen molar-refractivity contribution in [2.24, 2.45) is 0 Å². The molecule has 1 aromatic carbocycles. The normalized spacial score (nSPS) is 14.7. The number of hydrogen-bond acceptors (Lipinski definition) is 7. The molecule has 1 atom stereocenters. The van der Waals surface area contributed by atoms with Gasteiger partial charge in [-0.2, -0.15) is 5.10 Å². The van der Waals surface area contributed by atoms with E-state index >= 15 is 0 Å². The lowest BCUT2D eigenvalue weighted by Gasteiger charge is -2.16. The summed E-state index contributed by atoms with van der Waals surface area (Å²) in [5, 5.41) is 11.9. The maximum atomic E-state index is 14.4. The van der Waals surface area contributed by atoms with Gasteiger partial charge < -0.3 is 19.5 Å². The van der Waals surface area contributed by atoms with Gasteiger partial charge in [0.1, 0.15) is 23.2 Å². The summed E-state index contributed by atoms with van der Waals surface area (Å²) in [5.74, 6) is -1.69. The van der Waals surface area contributed by atoms with Gasteiger partial charge in [-0.15, -0.1) is 0 Å². The summed E-state index contributed by atoms with van der Waals surface area (Å²) in [6.07, 6.45) is 3.21. The van der Waals surface area contributed by atoms with Crippen LogP contribution in [0.5, 0.6) is 0 Å². The standard InChI is InChI=1S/C16H16F2N8O3S/c17-8-3-4-9(25-30(28)29)11(18)12(8)21-16(27)22-13-10-14(20-7-19-13)23-24-15(10)26-5-1-2-6-26/h3-4,7,25H,1-2,5-6H2,(H,28,29)(H3,19,20,21,22,23,24,27)/p-1. The Morgan fingerprint density at radius 3 is 2.70 bits per heavy atom. The van der Waals surface area contributed by atoms with E-state index in [0.29, 0.717) is 16.9 Å². The lowest BCUT2D eigenvalue weighted by molar-refractivity contribution is 0.262. The van der Waals surface area contributed by atoms with Gasteiger partial charge in [-0.05, 0) is 25.0 Å². The van der Waals surface area contributed by atoms with E-state index in [1.807, 2.05) is 10.2 Å². The monoisotopic (exact) mass is 437 g/mol. The van der Waals surface area contributed by atoms with E-state index < -0.39 is 40.3 Å². The van der Waals surface area contributed by atoms with Crippen LogP contribution < -0.4 is 20.3 Å². The van der Waals surface area contributed by atoms with Crippen LogP contribution in [0.3, 0.4) is 0 Å². The van der Waals surface area contributed by atoms with Crippen LogP contribution in [0, 0.1) is 11.6 Å². The molecule has 1 aliphatic rings. The highest BCUT2D eigenvalue weighted by atomic mass is 32.2. The molecule has 158 valence electrons. The third kappa shape index (κ3) is 3.86. The molecule has 0 radical (unpaired) electrons. The van der Waals surface area contributed by atoms with Gasteiger partial charge in [0.25, 0.3) is 0 Å². The summed E-state index contributed by atoms with van der Waals surface area (Å²) in [6.45, 7) is 1.58. The van der Waals surface area contributed by atoms with Crippen molar-refractivity contribution in [3.63, 3.8) is 0 Å². The maximum absolute atomic E-state index is 14.4. The number of nitrogens with one attached hydrogen (secondary N) is 4. The number of H-pyrrole nitrogens is 1. The Hall–Kier alpha value is -3.39. The molecule has 3 heterocycles. The largest absolute Gasteiger partial charge is 0.755 e. The highest BCUT2D eigenvalue weighted by Crippen LogP contribution is 2.31. The van der Waals surface area contributed by atoms with Crippen molar-refractivity contribution in [1.29, 1.82) is 0 Å². The fraction of sp³-hybridized carbons (Fsp3) is 0.250. The molecule has 11 nitrogen and oxygen atoms in total. The van der Waals surface area contributed by atoms with Crippen molar-refractivity contribution in [1.82, 2.24) is 20.2 Å². The van der Waals surface area contributed by atoms with E-state index in [9.17, 15) is 22.3 Å². The summed E-state index contributed by atoms with van der Waals surface area (Å²) < 4.78 is 51.7. The molecule has 2 amide bonds. The first-order valence-electron chi connectivity index (χ1n) is 8.80. The molecule has 1 fully saturated rings. The fourth-order valence-corrected chi connectivity index (χ4v) is 3.52. The summed E-state index contributed by atoms with van der Waals surface area (Å²) in [4.78, 5) is 22.6. The molecule has 0 saturated carbocycles. The zero-order chi connectivity index (χ0) is 21.3. The lowest BCUT2D eigenvalue weighted by Crippen LogP contribution is -2.23. The Balaban J connectivity index is 1.60. The Labute approximate surface area is 170 Å². The van der Waals surface area contributed by atoms with E-state index in [2.05, 4.69) is 25.5 Å². The number of urea groups is 1. The van der Waals surface area contributed by atoms with E-state index in [-0.39, 0.29) is 5.82 Å². The number of hydrogen-bond donors (Lipinski definition) is 4. The molecule has 0 spiro atoms. The molecule has 30 heavy (non-hydrogen) atoms. The van der Waals surface area contributed by atoms with Gasteiger partial charge in [0.2, 0.25) is 0 Å². The first-order chi connectivity index (χ1) is 14.4.